The lowest BCUT2D eigenvalue weighted by molar-refractivity contribution is -0.134. The highest BCUT2D eigenvalue weighted by atomic mass is 79.9. The second kappa shape index (κ2) is 6.75. The highest BCUT2D eigenvalue weighted by molar-refractivity contribution is 9.11. The number of nitrogens with zero attached hydrogens (tertiary/aromatic N) is 1. The van der Waals surface area contributed by atoms with E-state index in [0.29, 0.717) is 0 Å². The van der Waals surface area contributed by atoms with Crippen molar-refractivity contribution in [2.45, 2.75) is 26.2 Å². The number of carbonyl (C=O) groups is 1. The van der Waals surface area contributed by atoms with E-state index in [0.717, 1.165) is 46.2 Å². The summed E-state index contributed by atoms with van der Waals surface area (Å²) in [6.07, 6.45) is 3.43. The van der Waals surface area contributed by atoms with Gasteiger partial charge in [-0.1, -0.05) is 15.9 Å². The molecular weight excluding hydrogens is 374 g/mol. The molecule has 0 aromatic heterocycles. The lowest BCUT2D eigenvalue weighted by Crippen LogP contribution is -2.38. The predicted molar refractivity (Wildman–Crippen MR) is 82.5 cm³/mol. The smallest absolute Gasteiger partial charge is 0.260 e. The third kappa shape index (κ3) is 3.96. The standard InChI is InChI=1S/C14H17Br2NO2/c1-10-7-11(15)8-12(16)14(10)19-9-13(18)17-5-3-2-4-6-17/h7-8H,2-6,9H2,1H3. The van der Waals surface area contributed by atoms with E-state index in [4.69, 9.17) is 4.74 Å². The van der Waals surface area contributed by atoms with Crippen molar-refractivity contribution >= 4 is 37.8 Å². The average Bonchev–Trinajstić information content (AvgIpc) is 2.38. The first-order valence-electron chi connectivity index (χ1n) is 6.44. The van der Waals surface area contributed by atoms with Crippen LogP contribution in [0.15, 0.2) is 21.1 Å². The van der Waals surface area contributed by atoms with Crippen LogP contribution in [-0.4, -0.2) is 30.5 Å². The Bertz CT molecular complexity index is 448. The third-order valence-corrected chi connectivity index (χ3v) is 4.29. The summed E-state index contributed by atoms with van der Waals surface area (Å²) >= 11 is 6.89. The fraction of sp³-hybridized carbons (Fsp3) is 0.500. The summed E-state index contributed by atoms with van der Waals surface area (Å²) in [4.78, 5) is 13.9. The van der Waals surface area contributed by atoms with Gasteiger partial charge in [0.2, 0.25) is 0 Å². The summed E-state index contributed by atoms with van der Waals surface area (Å²) < 4.78 is 7.54. The highest BCUT2D eigenvalue weighted by Crippen LogP contribution is 2.32. The summed E-state index contributed by atoms with van der Waals surface area (Å²) in [5, 5.41) is 0. The maximum absolute atomic E-state index is 12.0. The van der Waals surface area contributed by atoms with Crippen LogP contribution < -0.4 is 4.74 Å². The van der Waals surface area contributed by atoms with E-state index in [1.807, 2.05) is 24.0 Å². The van der Waals surface area contributed by atoms with E-state index >= 15 is 0 Å². The molecule has 3 nitrogen and oxygen atoms in total. The van der Waals surface area contributed by atoms with Crippen molar-refractivity contribution in [3.63, 3.8) is 0 Å². The monoisotopic (exact) mass is 389 g/mol. The maximum atomic E-state index is 12.0. The molecular formula is C14H17Br2NO2. The number of carbonyl (C=O) groups excluding carboxylic acids is 1. The van der Waals surface area contributed by atoms with Gasteiger partial charge in [0.05, 0.1) is 4.47 Å². The van der Waals surface area contributed by atoms with Crippen molar-refractivity contribution in [1.29, 1.82) is 0 Å². The van der Waals surface area contributed by atoms with Crippen LogP contribution in [0.25, 0.3) is 0 Å². The first-order valence-corrected chi connectivity index (χ1v) is 8.03. The fourth-order valence-electron chi connectivity index (χ4n) is 2.24. The van der Waals surface area contributed by atoms with Gasteiger partial charge >= 0.3 is 0 Å². The van der Waals surface area contributed by atoms with Crippen LogP contribution in [0.5, 0.6) is 5.75 Å². The zero-order valence-corrected chi connectivity index (χ0v) is 14.1. The average molecular weight is 391 g/mol. The molecule has 0 unspecified atom stereocenters. The van der Waals surface area contributed by atoms with Crippen molar-refractivity contribution in [3.8, 4) is 5.75 Å². The second-order valence-electron chi connectivity index (χ2n) is 4.76. The molecule has 2 rings (SSSR count). The largest absolute Gasteiger partial charge is 0.482 e. The SMILES string of the molecule is Cc1cc(Br)cc(Br)c1OCC(=O)N1CCCCC1. The Morgan fingerprint density at radius 3 is 2.58 bits per heavy atom. The van der Waals surface area contributed by atoms with Crippen molar-refractivity contribution in [1.82, 2.24) is 4.90 Å². The molecule has 5 heteroatoms. The lowest BCUT2D eigenvalue weighted by Gasteiger charge is -2.26. The number of halogens is 2. The van der Waals surface area contributed by atoms with E-state index in [-0.39, 0.29) is 12.5 Å². The van der Waals surface area contributed by atoms with Crippen LogP contribution in [0.4, 0.5) is 0 Å². The van der Waals surface area contributed by atoms with Gasteiger partial charge in [-0.2, -0.15) is 0 Å². The number of benzene rings is 1. The van der Waals surface area contributed by atoms with Crippen molar-refractivity contribution in [3.05, 3.63) is 26.6 Å². The third-order valence-electron chi connectivity index (χ3n) is 3.24. The molecule has 1 amide bonds. The Balaban J connectivity index is 1.96. The number of aryl methyl sites for hydroxylation is 1. The zero-order valence-electron chi connectivity index (χ0n) is 10.9. The first kappa shape index (κ1) is 14.9. The molecule has 0 aliphatic carbocycles. The summed E-state index contributed by atoms with van der Waals surface area (Å²) in [6, 6.07) is 3.90. The van der Waals surface area contributed by atoms with Gasteiger partial charge in [0, 0.05) is 17.6 Å². The topological polar surface area (TPSA) is 29.5 Å². The molecule has 1 aromatic carbocycles. The molecule has 1 aliphatic heterocycles. The predicted octanol–water partition coefficient (Wildman–Crippen LogP) is 3.91. The van der Waals surface area contributed by atoms with Crippen molar-refractivity contribution in [2.24, 2.45) is 0 Å². The molecule has 1 fully saturated rings. The summed E-state index contributed by atoms with van der Waals surface area (Å²) in [5.41, 5.74) is 1.01. The van der Waals surface area contributed by atoms with E-state index < -0.39 is 0 Å². The summed E-state index contributed by atoms with van der Waals surface area (Å²) in [6.45, 7) is 3.81. The molecule has 19 heavy (non-hydrogen) atoms. The molecule has 0 radical (unpaired) electrons. The van der Waals surface area contributed by atoms with Crippen LogP contribution in [0.3, 0.4) is 0 Å². The van der Waals surface area contributed by atoms with Gasteiger partial charge in [-0.3, -0.25) is 4.79 Å². The number of likely N-dealkylation sites (tertiary alicyclic amines) is 1. The van der Waals surface area contributed by atoms with Gasteiger partial charge in [-0.05, 0) is 59.8 Å². The molecule has 1 aliphatic rings. The minimum Gasteiger partial charge on any atom is -0.482 e. The van der Waals surface area contributed by atoms with E-state index in [2.05, 4.69) is 31.9 Å². The molecule has 0 N–H and O–H groups in total. The Morgan fingerprint density at radius 1 is 1.26 bits per heavy atom. The highest BCUT2D eigenvalue weighted by Gasteiger charge is 2.17. The van der Waals surface area contributed by atoms with Crippen LogP contribution >= 0.6 is 31.9 Å². The zero-order chi connectivity index (χ0) is 13.8. The lowest BCUT2D eigenvalue weighted by atomic mass is 10.1. The summed E-state index contributed by atoms with van der Waals surface area (Å²) in [7, 11) is 0. The van der Waals surface area contributed by atoms with Gasteiger partial charge in [-0.15, -0.1) is 0 Å². The van der Waals surface area contributed by atoms with E-state index in [9.17, 15) is 4.79 Å². The molecule has 104 valence electrons. The van der Waals surface area contributed by atoms with Gasteiger partial charge in [-0.25, -0.2) is 0 Å². The van der Waals surface area contributed by atoms with Gasteiger partial charge < -0.3 is 9.64 Å². The Labute approximate surface area is 130 Å². The van der Waals surface area contributed by atoms with Gasteiger partial charge in [0.15, 0.2) is 6.61 Å². The molecule has 1 aromatic rings. The maximum Gasteiger partial charge on any atom is 0.260 e. The Morgan fingerprint density at radius 2 is 1.95 bits per heavy atom. The quantitative estimate of drug-likeness (QED) is 0.782. The molecule has 1 saturated heterocycles. The minimum atomic E-state index is 0.0777. The number of piperidine rings is 1. The first-order chi connectivity index (χ1) is 9.08. The van der Waals surface area contributed by atoms with Crippen LogP contribution in [0, 0.1) is 6.92 Å². The Hall–Kier alpha value is -0.550. The van der Waals surface area contributed by atoms with Crippen LogP contribution in [0.1, 0.15) is 24.8 Å². The number of hydrogen-bond donors (Lipinski definition) is 0. The normalized spacial score (nSPS) is 15.4. The molecule has 0 spiro atoms. The number of hydrogen-bond acceptors (Lipinski definition) is 2. The fourth-order valence-corrected chi connectivity index (χ4v) is 3.79. The second-order valence-corrected chi connectivity index (χ2v) is 6.53. The molecule has 1 heterocycles. The molecule has 0 bridgehead atoms. The summed E-state index contributed by atoms with van der Waals surface area (Å²) in [5.74, 6) is 0.822. The number of ether oxygens (including phenoxy) is 1. The van der Waals surface area contributed by atoms with Crippen molar-refractivity contribution < 1.29 is 9.53 Å². The van der Waals surface area contributed by atoms with Gasteiger partial charge in [0.1, 0.15) is 5.75 Å². The van der Waals surface area contributed by atoms with Crippen molar-refractivity contribution in [2.75, 3.05) is 19.7 Å². The number of amides is 1. The van der Waals surface area contributed by atoms with E-state index in [1.54, 1.807) is 0 Å². The molecule has 0 saturated carbocycles. The van der Waals surface area contributed by atoms with Crippen LogP contribution in [0.2, 0.25) is 0 Å². The number of rotatable bonds is 3. The Kier molecular flexibility index (Phi) is 5.28. The van der Waals surface area contributed by atoms with Crippen LogP contribution in [-0.2, 0) is 4.79 Å². The van der Waals surface area contributed by atoms with Gasteiger partial charge in [0.25, 0.3) is 5.91 Å². The minimum absolute atomic E-state index is 0.0777. The molecule has 0 atom stereocenters. The van der Waals surface area contributed by atoms with E-state index in [1.165, 1.54) is 6.42 Å².